The number of amides is 1. The number of methoxy groups -OCH3 is 1. The summed E-state index contributed by atoms with van der Waals surface area (Å²) in [4.78, 5) is 12.7. The molecule has 30 heavy (non-hydrogen) atoms. The largest absolute Gasteiger partial charge is 0.496 e. The molecule has 156 valence electrons. The molecule has 0 unspecified atom stereocenters. The number of ether oxygens (including phenoxy) is 2. The fraction of sp³-hybridized carbons (Fsp3) is 0.240. The number of hydrogen-bond donors (Lipinski definition) is 1. The Morgan fingerprint density at radius 2 is 1.70 bits per heavy atom. The maximum absolute atomic E-state index is 12.7. The van der Waals surface area contributed by atoms with Crippen molar-refractivity contribution in [2.75, 3.05) is 7.11 Å². The number of halogens is 1. The molecule has 0 aliphatic rings. The van der Waals surface area contributed by atoms with Crippen LogP contribution in [0.2, 0.25) is 5.02 Å². The highest BCUT2D eigenvalue weighted by molar-refractivity contribution is 6.31. The predicted octanol–water partition coefficient (Wildman–Crippen LogP) is 5.98. The summed E-state index contributed by atoms with van der Waals surface area (Å²) in [7, 11) is 1.61. The number of carbonyl (C=O) groups excluding carboxylic acids is 1. The molecule has 0 aliphatic carbocycles. The Morgan fingerprint density at radius 3 is 2.43 bits per heavy atom. The van der Waals surface area contributed by atoms with Crippen LogP contribution in [-0.4, -0.2) is 13.0 Å². The van der Waals surface area contributed by atoms with Crippen molar-refractivity contribution in [3.8, 4) is 11.5 Å². The van der Waals surface area contributed by atoms with Crippen LogP contribution in [0, 0.1) is 0 Å². The van der Waals surface area contributed by atoms with Crippen molar-refractivity contribution in [2.24, 2.45) is 0 Å². The van der Waals surface area contributed by atoms with Crippen molar-refractivity contribution in [1.29, 1.82) is 0 Å². The molecule has 1 N–H and O–H groups in total. The van der Waals surface area contributed by atoms with Gasteiger partial charge < -0.3 is 14.8 Å². The van der Waals surface area contributed by atoms with Gasteiger partial charge in [-0.05, 0) is 47.4 Å². The minimum Gasteiger partial charge on any atom is -0.496 e. The normalized spacial score (nSPS) is 10.7. The van der Waals surface area contributed by atoms with E-state index in [-0.39, 0.29) is 5.91 Å². The van der Waals surface area contributed by atoms with Gasteiger partial charge in [-0.1, -0.05) is 61.8 Å². The first-order valence-electron chi connectivity index (χ1n) is 9.90. The number of rotatable bonds is 8. The van der Waals surface area contributed by atoms with Crippen LogP contribution < -0.4 is 14.8 Å². The predicted molar refractivity (Wildman–Crippen MR) is 120 cm³/mol. The molecule has 0 bridgehead atoms. The van der Waals surface area contributed by atoms with Crippen LogP contribution >= 0.6 is 11.6 Å². The maximum Gasteiger partial charge on any atom is 0.251 e. The molecule has 0 saturated heterocycles. The quantitative estimate of drug-likeness (QED) is 0.484. The van der Waals surface area contributed by atoms with E-state index in [9.17, 15) is 4.79 Å². The van der Waals surface area contributed by atoms with E-state index >= 15 is 0 Å². The highest BCUT2D eigenvalue weighted by atomic mass is 35.5. The Morgan fingerprint density at radius 1 is 0.967 bits per heavy atom. The van der Waals surface area contributed by atoms with E-state index in [1.807, 2.05) is 36.4 Å². The topological polar surface area (TPSA) is 47.6 Å². The molecule has 0 heterocycles. The van der Waals surface area contributed by atoms with E-state index in [2.05, 4.69) is 25.2 Å². The minimum atomic E-state index is -0.179. The van der Waals surface area contributed by atoms with E-state index in [1.165, 1.54) is 0 Å². The van der Waals surface area contributed by atoms with E-state index in [1.54, 1.807) is 31.4 Å². The lowest BCUT2D eigenvalue weighted by molar-refractivity contribution is 0.0950. The van der Waals surface area contributed by atoms with Crippen molar-refractivity contribution in [2.45, 2.75) is 32.9 Å². The number of carbonyl (C=O) groups is 1. The van der Waals surface area contributed by atoms with Crippen molar-refractivity contribution < 1.29 is 14.3 Å². The number of para-hydroxylation sites is 1. The molecule has 3 rings (SSSR count). The highest BCUT2D eigenvalue weighted by Crippen LogP contribution is 2.28. The second kappa shape index (κ2) is 10.2. The second-order valence-corrected chi connectivity index (χ2v) is 7.69. The van der Waals surface area contributed by atoms with Crippen LogP contribution in [0.15, 0.2) is 66.7 Å². The molecule has 4 nitrogen and oxygen atoms in total. The first-order chi connectivity index (χ1) is 14.5. The lowest BCUT2D eigenvalue weighted by atomic mass is 10.0. The molecular formula is C25H26ClNO3. The van der Waals surface area contributed by atoms with Crippen molar-refractivity contribution in [1.82, 2.24) is 5.32 Å². The van der Waals surface area contributed by atoms with Gasteiger partial charge in [0.1, 0.15) is 18.1 Å². The van der Waals surface area contributed by atoms with Gasteiger partial charge in [-0.25, -0.2) is 0 Å². The summed E-state index contributed by atoms with van der Waals surface area (Å²) < 4.78 is 11.5. The third-order valence-corrected chi connectivity index (χ3v) is 5.23. The molecule has 5 heteroatoms. The summed E-state index contributed by atoms with van der Waals surface area (Å²) >= 11 is 6.17. The van der Waals surface area contributed by atoms with Gasteiger partial charge in [-0.15, -0.1) is 0 Å². The SMILES string of the molecule is COc1ccc(C(=O)NCc2ccccc2Cl)cc1COc1ccccc1C(C)C. The highest BCUT2D eigenvalue weighted by Gasteiger charge is 2.13. The molecule has 0 saturated carbocycles. The van der Waals surface area contributed by atoms with Gasteiger partial charge in [-0.3, -0.25) is 4.79 Å². The van der Waals surface area contributed by atoms with Gasteiger partial charge in [0, 0.05) is 22.7 Å². The van der Waals surface area contributed by atoms with Gasteiger partial charge >= 0.3 is 0 Å². The Labute approximate surface area is 182 Å². The molecule has 3 aromatic carbocycles. The zero-order valence-corrected chi connectivity index (χ0v) is 18.2. The minimum absolute atomic E-state index is 0.179. The lowest BCUT2D eigenvalue weighted by Gasteiger charge is -2.16. The van der Waals surface area contributed by atoms with Crippen molar-refractivity contribution in [3.63, 3.8) is 0 Å². The standard InChI is InChI=1S/C25H26ClNO3/c1-17(2)21-9-5-7-11-24(21)30-16-20-14-18(12-13-23(20)29-3)25(28)27-15-19-8-4-6-10-22(19)26/h4-14,17H,15-16H2,1-3H3,(H,27,28). The molecule has 0 fully saturated rings. The second-order valence-electron chi connectivity index (χ2n) is 7.28. The first kappa shape index (κ1) is 21.7. The number of nitrogens with one attached hydrogen (secondary N) is 1. The maximum atomic E-state index is 12.7. The van der Waals surface area contributed by atoms with Gasteiger partial charge in [0.05, 0.1) is 7.11 Å². The Kier molecular flexibility index (Phi) is 7.36. The van der Waals surface area contributed by atoms with Crippen LogP contribution in [0.3, 0.4) is 0 Å². The fourth-order valence-corrected chi connectivity index (χ4v) is 3.40. The molecule has 0 spiro atoms. The summed E-state index contributed by atoms with van der Waals surface area (Å²) in [6.45, 7) is 4.93. The summed E-state index contributed by atoms with van der Waals surface area (Å²) in [6.07, 6.45) is 0. The summed E-state index contributed by atoms with van der Waals surface area (Å²) in [6, 6.07) is 20.8. The Bertz CT molecular complexity index is 1020. The van der Waals surface area contributed by atoms with Crippen LogP contribution in [0.4, 0.5) is 0 Å². The van der Waals surface area contributed by atoms with Crippen LogP contribution in [0.25, 0.3) is 0 Å². The summed E-state index contributed by atoms with van der Waals surface area (Å²) in [5.74, 6) is 1.69. The zero-order valence-electron chi connectivity index (χ0n) is 17.4. The third kappa shape index (κ3) is 5.33. The lowest BCUT2D eigenvalue weighted by Crippen LogP contribution is -2.23. The first-order valence-corrected chi connectivity index (χ1v) is 10.3. The van der Waals surface area contributed by atoms with Gasteiger partial charge in [0.2, 0.25) is 0 Å². The monoisotopic (exact) mass is 423 g/mol. The van der Waals surface area contributed by atoms with E-state index in [4.69, 9.17) is 21.1 Å². The van der Waals surface area contributed by atoms with Gasteiger partial charge in [0.15, 0.2) is 0 Å². The van der Waals surface area contributed by atoms with E-state index in [0.29, 0.717) is 35.4 Å². The summed E-state index contributed by atoms with van der Waals surface area (Å²) in [5, 5.41) is 3.54. The number of benzene rings is 3. The molecule has 1 amide bonds. The molecular weight excluding hydrogens is 398 g/mol. The van der Waals surface area contributed by atoms with Gasteiger partial charge in [0.25, 0.3) is 5.91 Å². The Hall–Kier alpha value is -2.98. The van der Waals surface area contributed by atoms with Gasteiger partial charge in [-0.2, -0.15) is 0 Å². The smallest absolute Gasteiger partial charge is 0.251 e. The van der Waals surface area contributed by atoms with E-state index < -0.39 is 0 Å². The molecule has 0 aromatic heterocycles. The number of hydrogen-bond acceptors (Lipinski definition) is 3. The molecule has 0 radical (unpaired) electrons. The van der Waals surface area contributed by atoms with E-state index in [0.717, 1.165) is 22.4 Å². The molecule has 0 aliphatic heterocycles. The third-order valence-electron chi connectivity index (χ3n) is 4.86. The molecule has 3 aromatic rings. The molecule has 0 atom stereocenters. The van der Waals surface area contributed by atoms with Crippen LogP contribution in [-0.2, 0) is 13.2 Å². The average molecular weight is 424 g/mol. The van der Waals surface area contributed by atoms with Crippen molar-refractivity contribution in [3.05, 3.63) is 94.0 Å². The van der Waals surface area contributed by atoms with Crippen LogP contribution in [0.5, 0.6) is 11.5 Å². The summed E-state index contributed by atoms with van der Waals surface area (Å²) in [5.41, 5.74) is 3.36. The zero-order chi connectivity index (χ0) is 21.5. The van der Waals surface area contributed by atoms with Crippen LogP contribution in [0.1, 0.15) is 46.8 Å². The Balaban J connectivity index is 1.73. The average Bonchev–Trinajstić information content (AvgIpc) is 2.76. The van der Waals surface area contributed by atoms with Crippen molar-refractivity contribution >= 4 is 17.5 Å². The fourth-order valence-electron chi connectivity index (χ4n) is 3.20.